The molecule has 2 atom stereocenters. The lowest BCUT2D eigenvalue weighted by Crippen LogP contribution is -2.50. The summed E-state index contributed by atoms with van der Waals surface area (Å²) < 4.78 is 0. The highest BCUT2D eigenvalue weighted by Gasteiger charge is 2.32. The van der Waals surface area contributed by atoms with Crippen LogP contribution >= 0.6 is 0 Å². The standard InChI is InChI=1S/C15H21N5O2/c1-8-13(9(2)17-15(22)16-8)14(21)20(3)7-12-10-5-4-6-11(10)18-19-12/h8,12H,4-7H2,1-3H3,(H2,16,17,22)/t8-,12+/m0/s1. The number of rotatable bonds is 3. The normalized spacial score (nSPS) is 27.0. The quantitative estimate of drug-likeness (QED) is 0.831. The van der Waals surface area contributed by atoms with E-state index >= 15 is 0 Å². The Morgan fingerprint density at radius 3 is 2.91 bits per heavy atom. The number of amides is 3. The van der Waals surface area contributed by atoms with Gasteiger partial charge in [-0.1, -0.05) is 0 Å². The van der Waals surface area contributed by atoms with Crippen molar-refractivity contribution in [2.45, 2.75) is 45.2 Å². The number of urea groups is 1. The summed E-state index contributed by atoms with van der Waals surface area (Å²) in [5.74, 6) is -0.0836. The summed E-state index contributed by atoms with van der Waals surface area (Å²) in [4.78, 5) is 25.8. The van der Waals surface area contributed by atoms with Crippen molar-refractivity contribution < 1.29 is 9.59 Å². The summed E-state index contributed by atoms with van der Waals surface area (Å²) in [7, 11) is 1.77. The third-order valence-corrected chi connectivity index (χ3v) is 4.46. The first-order chi connectivity index (χ1) is 10.5. The molecule has 0 bridgehead atoms. The lowest BCUT2D eigenvalue weighted by atomic mass is 10.0. The monoisotopic (exact) mass is 303 g/mol. The summed E-state index contributed by atoms with van der Waals surface area (Å²) in [5.41, 5.74) is 3.61. The highest BCUT2D eigenvalue weighted by Crippen LogP contribution is 2.35. The second-order valence-electron chi connectivity index (χ2n) is 6.10. The van der Waals surface area contributed by atoms with Gasteiger partial charge >= 0.3 is 6.03 Å². The smallest absolute Gasteiger partial charge is 0.319 e. The maximum Gasteiger partial charge on any atom is 0.319 e. The van der Waals surface area contributed by atoms with Crippen LogP contribution in [0.15, 0.2) is 32.8 Å². The van der Waals surface area contributed by atoms with Crippen molar-refractivity contribution in [3.63, 3.8) is 0 Å². The molecular formula is C15H21N5O2. The fourth-order valence-electron chi connectivity index (χ4n) is 3.34. The van der Waals surface area contributed by atoms with E-state index in [0.29, 0.717) is 17.8 Å². The average molecular weight is 303 g/mol. The molecule has 7 heteroatoms. The van der Waals surface area contributed by atoms with Gasteiger partial charge in [0.1, 0.15) is 6.04 Å². The number of nitrogens with zero attached hydrogens (tertiary/aromatic N) is 3. The molecular weight excluding hydrogens is 282 g/mol. The van der Waals surface area contributed by atoms with Gasteiger partial charge in [-0.3, -0.25) is 4.79 Å². The topological polar surface area (TPSA) is 86.2 Å². The maximum absolute atomic E-state index is 12.7. The summed E-state index contributed by atoms with van der Waals surface area (Å²) >= 11 is 0. The van der Waals surface area contributed by atoms with Crippen molar-refractivity contribution in [3.8, 4) is 0 Å². The Kier molecular flexibility index (Phi) is 3.72. The van der Waals surface area contributed by atoms with Gasteiger partial charge in [0.05, 0.1) is 17.3 Å². The number of allylic oxidation sites excluding steroid dienone is 2. The maximum atomic E-state index is 12.7. The number of likely N-dealkylation sites (N-methyl/N-ethyl adjacent to an activating group) is 1. The molecule has 2 heterocycles. The number of azo groups is 1. The molecule has 0 aromatic heterocycles. The summed E-state index contributed by atoms with van der Waals surface area (Å²) in [6, 6.07) is -0.571. The number of hydrogen-bond donors (Lipinski definition) is 2. The van der Waals surface area contributed by atoms with Gasteiger partial charge in [-0.2, -0.15) is 10.2 Å². The minimum atomic E-state index is -0.296. The van der Waals surface area contributed by atoms with E-state index in [4.69, 9.17) is 0 Å². The van der Waals surface area contributed by atoms with E-state index in [-0.39, 0.29) is 24.0 Å². The van der Waals surface area contributed by atoms with Crippen molar-refractivity contribution in [1.29, 1.82) is 0 Å². The number of carbonyl (C=O) groups excluding carboxylic acids is 2. The predicted octanol–water partition coefficient (Wildman–Crippen LogP) is 1.69. The van der Waals surface area contributed by atoms with Crippen LogP contribution in [0.2, 0.25) is 0 Å². The zero-order valence-corrected chi connectivity index (χ0v) is 13.1. The van der Waals surface area contributed by atoms with Crippen LogP contribution in [0.3, 0.4) is 0 Å². The van der Waals surface area contributed by atoms with Crippen LogP contribution in [0.25, 0.3) is 0 Å². The molecule has 0 unspecified atom stereocenters. The van der Waals surface area contributed by atoms with Crippen LogP contribution < -0.4 is 10.6 Å². The Morgan fingerprint density at radius 2 is 2.18 bits per heavy atom. The zero-order valence-electron chi connectivity index (χ0n) is 13.1. The Hall–Kier alpha value is -2.18. The molecule has 3 amide bonds. The Balaban J connectivity index is 1.71. The molecule has 118 valence electrons. The number of hydrogen-bond acceptors (Lipinski definition) is 4. The van der Waals surface area contributed by atoms with E-state index < -0.39 is 0 Å². The van der Waals surface area contributed by atoms with Gasteiger partial charge < -0.3 is 15.5 Å². The largest absolute Gasteiger partial charge is 0.339 e. The van der Waals surface area contributed by atoms with Crippen LogP contribution in [-0.2, 0) is 4.79 Å². The second-order valence-corrected chi connectivity index (χ2v) is 6.10. The van der Waals surface area contributed by atoms with Crippen molar-refractivity contribution in [2.24, 2.45) is 10.2 Å². The molecule has 7 nitrogen and oxygen atoms in total. The number of nitrogens with one attached hydrogen (secondary N) is 2. The summed E-state index contributed by atoms with van der Waals surface area (Å²) in [6.45, 7) is 4.10. The van der Waals surface area contributed by atoms with Gasteiger partial charge in [-0.25, -0.2) is 4.79 Å². The van der Waals surface area contributed by atoms with Gasteiger partial charge in [0.25, 0.3) is 5.91 Å². The second kappa shape index (κ2) is 5.55. The lowest BCUT2D eigenvalue weighted by molar-refractivity contribution is -0.126. The van der Waals surface area contributed by atoms with Crippen molar-refractivity contribution >= 4 is 11.9 Å². The molecule has 1 aliphatic carbocycles. The van der Waals surface area contributed by atoms with E-state index in [1.807, 2.05) is 6.92 Å². The Bertz CT molecular complexity index is 619. The molecule has 0 radical (unpaired) electrons. The third kappa shape index (κ3) is 2.51. The van der Waals surface area contributed by atoms with Gasteiger partial charge in [0.2, 0.25) is 0 Å². The number of carbonyl (C=O) groups is 2. The molecule has 0 aromatic carbocycles. The minimum absolute atomic E-state index is 0.00574. The predicted molar refractivity (Wildman–Crippen MR) is 81.0 cm³/mol. The van der Waals surface area contributed by atoms with Gasteiger partial charge in [0, 0.05) is 19.3 Å². The molecule has 22 heavy (non-hydrogen) atoms. The average Bonchev–Trinajstić information content (AvgIpc) is 3.02. The van der Waals surface area contributed by atoms with E-state index in [9.17, 15) is 9.59 Å². The molecule has 3 aliphatic rings. The van der Waals surface area contributed by atoms with E-state index in [1.165, 1.54) is 5.57 Å². The molecule has 2 aliphatic heterocycles. The molecule has 3 rings (SSSR count). The zero-order chi connectivity index (χ0) is 15.9. The first-order valence-electron chi connectivity index (χ1n) is 7.64. The lowest BCUT2D eigenvalue weighted by Gasteiger charge is -2.29. The van der Waals surface area contributed by atoms with Crippen molar-refractivity contribution in [3.05, 3.63) is 22.5 Å². The van der Waals surface area contributed by atoms with Crippen LogP contribution in [0.5, 0.6) is 0 Å². The fourth-order valence-corrected chi connectivity index (χ4v) is 3.34. The Morgan fingerprint density at radius 1 is 1.41 bits per heavy atom. The third-order valence-electron chi connectivity index (χ3n) is 4.46. The molecule has 2 N–H and O–H groups in total. The van der Waals surface area contributed by atoms with E-state index in [0.717, 1.165) is 25.0 Å². The summed E-state index contributed by atoms with van der Waals surface area (Å²) in [5, 5.41) is 13.9. The highest BCUT2D eigenvalue weighted by atomic mass is 16.2. The Labute approximate surface area is 129 Å². The van der Waals surface area contributed by atoms with Gasteiger partial charge in [-0.05, 0) is 38.7 Å². The fraction of sp³-hybridized carbons (Fsp3) is 0.600. The molecule has 0 aromatic rings. The van der Waals surface area contributed by atoms with Crippen molar-refractivity contribution in [1.82, 2.24) is 15.5 Å². The van der Waals surface area contributed by atoms with Crippen LogP contribution in [0.1, 0.15) is 33.1 Å². The van der Waals surface area contributed by atoms with Gasteiger partial charge in [0.15, 0.2) is 0 Å². The van der Waals surface area contributed by atoms with E-state index in [1.54, 1.807) is 18.9 Å². The van der Waals surface area contributed by atoms with Gasteiger partial charge in [-0.15, -0.1) is 0 Å². The van der Waals surface area contributed by atoms with Crippen molar-refractivity contribution in [2.75, 3.05) is 13.6 Å². The van der Waals surface area contributed by atoms with E-state index in [2.05, 4.69) is 20.9 Å². The first kappa shape index (κ1) is 14.7. The minimum Gasteiger partial charge on any atom is -0.339 e. The molecule has 0 fully saturated rings. The van der Waals surface area contributed by atoms with Crippen LogP contribution in [-0.4, -0.2) is 42.5 Å². The van der Waals surface area contributed by atoms with Crippen LogP contribution in [0, 0.1) is 0 Å². The first-order valence-corrected chi connectivity index (χ1v) is 7.64. The van der Waals surface area contributed by atoms with Crippen LogP contribution in [0.4, 0.5) is 4.79 Å². The SMILES string of the molecule is CC1=C(C(=O)N(C)C[C@H]2N=NC3=C2CCC3)[C@H](C)NC(=O)N1. The molecule has 0 spiro atoms. The molecule has 0 saturated heterocycles. The highest BCUT2D eigenvalue weighted by molar-refractivity contribution is 5.98. The summed E-state index contributed by atoms with van der Waals surface area (Å²) in [6.07, 6.45) is 3.17. The molecule has 0 saturated carbocycles.